The topological polar surface area (TPSA) is 47.6 Å². The Hall–Kier alpha value is -1.19. The van der Waals surface area contributed by atoms with E-state index >= 15 is 0 Å². The van der Waals surface area contributed by atoms with Crippen LogP contribution in [0.5, 0.6) is 0 Å². The highest BCUT2D eigenvalue weighted by Crippen LogP contribution is 2.04. The van der Waals surface area contributed by atoms with Crippen LogP contribution in [0.4, 0.5) is 0 Å². The fourth-order valence-corrected chi connectivity index (χ4v) is 0.483. The van der Waals surface area contributed by atoms with Crippen LogP contribution in [0.1, 0.15) is 0 Å². The van der Waals surface area contributed by atoms with Crippen molar-refractivity contribution in [2.75, 3.05) is 13.8 Å². The Morgan fingerprint density at radius 1 is 1.89 bits per heavy atom. The van der Waals surface area contributed by atoms with Crippen LogP contribution in [0.15, 0.2) is 12.0 Å². The number of likely N-dealkylation sites (N-methyl/N-ethyl adjacent to an activating group) is 1. The molecule has 0 unspecified atom stereocenters. The molecule has 0 saturated heterocycles. The predicted octanol–water partition coefficient (Wildman–Crippen LogP) is -0.422. The number of carbonyl (C=O) groups excluding carboxylic acids is 1. The summed E-state index contributed by atoms with van der Waals surface area (Å²) in [5, 5.41) is 2.39. The number of ether oxygens (including phenoxy) is 2. The summed E-state index contributed by atoms with van der Waals surface area (Å²) in [5.74, 6) is -0.0231. The van der Waals surface area contributed by atoms with E-state index in [-0.39, 0.29) is 18.5 Å². The molecule has 0 atom stereocenters. The number of nitrogens with one attached hydrogen (secondary N) is 1. The Kier molecular flexibility index (Phi) is 1.58. The van der Waals surface area contributed by atoms with Gasteiger partial charge in [0.1, 0.15) is 6.26 Å². The fourth-order valence-electron chi connectivity index (χ4n) is 0.483. The van der Waals surface area contributed by atoms with E-state index in [9.17, 15) is 4.79 Å². The molecule has 50 valence electrons. The summed E-state index contributed by atoms with van der Waals surface area (Å²) in [5.41, 5.74) is 0. The maximum Gasteiger partial charge on any atom is 0.289 e. The van der Waals surface area contributed by atoms with Gasteiger partial charge >= 0.3 is 0 Å². The molecule has 0 bridgehead atoms. The third-order valence-corrected chi connectivity index (χ3v) is 0.924. The smallest absolute Gasteiger partial charge is 0.289 e. The van der Waals surface area contributed by atoms with E-state index in [1.807, 2.05) is 0 Å². The van der Waals surface area contributed by atoms with Crippen molar-refractivity contribution in [2.24, 2.45) is 0 Å². The molecule has 4 heteroatoms. The van der Waals surface area contributed by atoms with Gasteiger partial charge in [0, 0.05) is 7.05 Å². The van der Waals surface area contributed by atoms with E-state index in [1.54, 1.807) is 0 Å². The molecule has 0 spiro atoms. The lowest BCUT2D eigenvalue weighted by atomic mass is 10.5. The molecule has 0 aromatic rings. The molecule has 0 aromatic carbocycles. The van der Waals surface area contributed by atoms with Crippen molar-refractivity contribution in [1.82, 2.24) is 5.32 Å². The van der Waals surface area contributed by atoms with Gasteiger partial charge in [-0.3, -0.25) is 4.79 Å². The Morgan fingerprint density at radius 2 is 2.67 bits per heavy atom. The minimum Gasteiger partial charge on any atom is -0.461 e. The Bertz CT molecular complexity index is 152. The van der Waals surface area contributed by atoms with Crippen molar-refractivity contribution in [1.29, 1.82) is 0 Å². The molecule has 9 heavy (non-hydrogen) atoms. The van der Waals surface area contributed by atoms with Crippen molar-refractivity contribution in [2.45, 2.75) is 0 Å². The summed E-state index contributed by atoms with van der Waals surface area (Å²) < 4.78 is 9.37. The first-order valence-corrected chi connectivity index (χ1v) is 2.51. The van der Waals surface area contributed by atoms with Gasteiger partial charge in [-0.15, -0.1) is 0 Å². The minimum atomic E-state index is -0.257. The molecule has 0 aromatic heterocycles. The monoisotopic (exact) mass is 129 g/mol. The zero-order valence-electron chi connectivity index (χ0n) is 5.01. The van der Waals surface area contributed by atoms with E-state index in [2.05, 4.69) is 10.1 Å². The lowest BCUT2D eigenvalue weighted by Gasteiger charge is -1.96. The zero-order chi connectivity index (χ0) is 6.69. The summed E-state index contributed by atoms with van der Waals surface area (Å²) >= 11 is 0. The summed E-state index contributed by atoms with van der Waals surface area (Å²) in [4.78, 5) is 10.6. The highest BCUT2D eigenvalue weighted by atomic mass is 16.7. The van der Waals surface area contributed by atoms with Gasteiger partial charge in [-0.05, 0) is 0 Å². The SMILES string of the molecule is CNC(=O)C1=COCO1. The number of carbonyl (C=O) groups is 1. The van der Waals surface area contributed by atoms with Gasteiger partial charge in [0.2, 0.25) is 12.6 Å². The summed E-state index contributed by atoms with van der Waals surface area (Å²) in [6.07, 6.45) is 1.29. The molecule has 4 nitrogen and oxygen atoms in total. The summed E-state index contributed by atoms with van der Waals surface area (Å²) in [6, 6.07) is 0. The van der Waals surface area contributed by atoms with Crippen LogP contribution in [0, 0.1) is 0 Å². The predicted molar refractivity (Wildman–Crippen MR) is 29.2 cm³/mol. The molecule has 1 heterocycles. The molecule has 0 aliphatic carbocycles. The second kappa shape index (κ2) is 2.39. The van der Waals surface area contributed by atoms with Crippen molar-refractivity contribution in [3.05, 3.63) is 12.0 Å². The first-order valence-electron chi connectivity index (χ1n) is 2.51. The minimum absolute atomic E-state index is 0.142. The van der Waals surface area contributed by atoms with Crippen molar-refractivity contribution >= 4 is 5.91 Å². The molecule has 1 rings (SSSR count). The van der Waals surface area contributed by atoms with Crippen molar-refractivity contribution in [3.8, 4) is 0 Å². The third-order valence-electron chi connectivity index (χ3n) is 0.924. The molecule has 0 saturated carbocycles. The van der Waals surface area contributed by atoms with E-state index in [0.29, 0.717) is 0 Å². The number of hydrogen-bond acceptors (Lipinski definition) is 3. The molecule has 1 aliphatic heterocycles. The normalized spacial score (nSPS) is 15.4. The van der Waals surface area contributed by atoms with E-state index in [1.165, 1.54) is 13.3 Å². The first-order chi connectivity index (χ1) is 4.34. The average Bonchev–Trinajstić information content (AvgIpc) is 2.37. The van der Waals surface area contributed by atoms with Gasteiger partial charge in [-0.25, -0.2) is 0 Å². The summed E-state index contributed by atoms with van der Waals surface area (Å²) in [6.45, 7) is 0.142. The van der Waals surface area contributed by atoms with Crippen LogP contribution in [-0.4, -0.2) is 19.7 Å². The van der Waals surface area contributed by atoms with Crippen LogP contribution >= 0.6 is 0 Å². The van der Waals surface area contributed by atoms with Crippen LogP contribution in [0.25, 0.3) is 0 Å². The van der Waals surface area contributed by atoms with Gasteiger partial charge in [0.05, 0.1) is 0 Å². The quantitative estimate of drug-likeness (QED) is 0.523. The first kappa shape index (κ1) is 5.94. The number of rotatable bonds is 1. The van der Waals surface area contributed by atoms with Crippen LogP contribution in [-0.2, 0) is 14.3 Å². The number of hydrogen-bond donors (Lipinski definition) is 1. The van der Waals surface area contributed by atoms with Crippen molar-refractivity contribution in [3.63, 3.8) is 0 Å². The van der Waals surface area contributed by atoms with E-state index in [4.69, 9.17) is 4.74 Å². The molecule has 1 amide bonds. The largest absolute Gasteiger partial charge is 0.461 e. The maximum atomic E-state index is 10.6. The van der Waals surface area contributed by atoms with Crippen LogP contribution < -0.4 is 5.32 Å². The van der Waals surface area contributed by atoms with Gasteiger partial charge < -0.3 is 14.8 Å². The second-order valence-electron chi connectivity index (χ2n) is 1.49. The molecular formula is C5H7NO3. The molecule has 1 aliphatic rings. The third kappa shape index (κ3) is 1.13. The van der Waals surface area contributed by atoms with E-state index < -0.39 is 0 Å². The van der Waals surface area contributed by atoms with E-state index in [0.717, 1.165) is 0 Å². The maximum absolute atomic E-state index is 10.6. The average molecular weight is 129 g/mol. The zero-order valence-corrected chi connectivity index (χ0v) is 5.01. The Morgan fingerprint density at radius 3 is 3.11 bits per heavy atom. The Labute approximate surface area is 52.4 Å². The lowest BCUT2D eigenvalue weighted by Crippen LogP contribution is -2.19. The standard InChI is InChI=1S/C5H7NO3/c1-6-5(7)4-2-8-3-9-4/h2H,3H2,1H3,(H,6,7). The van der Waals surface area contributed by atoms with Gasteiger partial charge in [-0.1, -0.05) is 0 Å². The fraction of sp³-hybridized carbons (Fsp3) is 0.400. The van der Waals surface area contributed by atoms with Gasteiger partial charge in [0.25, 0.3) is 5.91 Å². The van der Waals surface area contributed by atoms with Gasteiger partial charge in [-0.2, -0.15) is 0 Å². The molecular weight excluding hydrogens is 122 g/mol. The van der Waals surface area contributed by atoms with Crippen LogP contribution in [0.3, 0.4) is 0 Å². The molecule has 0 radical (unpaired) electrons. The summed E-state index contributed by atoms with van der Waals surface area (Å²) in [7, 11) is 1.53. The second-order valence-corrected chi connectivity index (χ2v) is 1.49. The van der Waals surface area contributed by atoms with Crippen LogP contribution in [0.2, 0.25) is 0 Å². The molecule has 1 N–H and O–H groups in total. The van der Waals surface area contributed by atoms with Gasteiger partial charge in [0.15, 0.2) is 0 Å². The Balaban J connectivity index is 2.51. The highest BCUT2D eigenvalue weighted by Gasteiger charge is 2.13. The number of amides is 1. The lowest BCUT2D eigenvalue weighted by molar-refractivity contribution is -0.120. The molecule has 0 fully saturated rings. The van der Waals surface area contributed by atoms with Crippen molar-refractivity contribution < 1.29 is 14.3 Å². The highest BCUT2D eigenvalue weighted by molar-refractivity contribution is 5.91.